The summed E-state index contributed by atoms with van der Waals surface area (Å²) in [6.07, 6.45) is 5.32. The van der Waals surface area contributed by atoms with Gasteiger partial charge in [-0.25, -0.2) is 4.68 Å². The number of para-hydroxylation sites is 1. The molecule has 3 unspecified atom stereocenters. The van der Waals surface area contributed by atoms with Crippen LogP contribution >= 0.6 is 0 Å². The lowest BCUT2D eigenvalue weighted by molar-refractivity contribution is 0.511. The fourth-order valence-corrected chi connectivity index (χ4v) is 2.55. The Morgan fingerprint density at radius 2 is 2.15 bits per heavy atom. The van der Waals surface area contributed by atoms with E-state index in [4.69, 9.17) is 5.73 Å². The van der Waals surface area contributed by atoms with E-state index >= 15 is 0 Å². The Labute approximate surface area is 120 Å². The number of benzene rings is 1. The van der Waals surface area contributed by atoms with Gasteiger partial charge in [0.2, 0.25) is 0 Å². The van der Waals surface area contributed by atoms with E-state index in [9.17, 15) is 0 Å². The Kier molecular flexibility index (Phi) is 3.85. The first-order valence-electron chi connectivity index (χ1n) is 7.31. The summed E-state index contributed by atoms with van der Waals surface area (Å²) in [5.74, 6) is 1.70. The second-order valence-electron chi connectivity index (χ2n) is 5.72. The Morgan fingerprint density at radius 3 is 2.80 bits per heavy atom. The van der Waals surface area contributed by atoms with Crippen molar-refractivity contribution in [3.8, 4) is 5.69 Å². The van der Waals surface area contributed by atoms with Gasteiger partial charge in [-0.3, -0.25) is 0 Å². The molecule has 0 saturated heterocycles. The molecule has 1 aliphatic carbocycles. The summed E-state index contributed by atoms with van der Waals surface area (Å²) in [7, 11) is 0. The fraction of sp³-hybridized carbons (Fsp3) is 0.438. The number of nitrogens with two attached hydrogens (primary N) is 1. The van der Waals surface area contributed by atoms with Crippen LogP contribution in [0.2, 0.25) is 0 Å². The molecule has 0 amide bonds. The lowest BCUT2D eigenvalue weighted by atomic mass is 10.1. The summed E-state index contributed by atoms with van der Waals surface area (Å²) in [5, 5.41) is 8.00. The van der Waals surface area contributed by atoms with Crippen molar-refractivity contribution in [3.05, 3.63) is 48.3 Å². The molecule has 3 atom stereocenters. The van der Waals surface area contributed by atoms with E-state index in [1.807, 2.05) is 41.2 Å². The first kappa shape index (κ1) is 13.3. The third kappa shape index (κ3) is 2.92. The fourth-order valence-electron chi connectivity index (χ4n) is 2.55. The second kappa shape index (κ2) is 5.77. The molecule has 1 saturated carbocycles. The minimum atomic E-state index is 0.195. The molecule has 3 N–H and O–H groups in total. The number of nitrogens with zero attached hydrogens (tertiary/aromatic N) is 2. The SMILES string of the molecule is CC1CC1CNC(CN)c1cnn(-c2ccccc2)c1. The van der Waals surface area contributed by atoms with E-state index in [0.29, 0.717) is 6.54 Å². The number of nitrogens with one attached hydrogen (secondary N) is 1. The molecule has 0 bridgehead atoms. The summed E-state index contributed by atoms with van der Waals surface area (Å²) in [6.45, 7) is 3.96. The normalized spacial score (nSPS) is 22.7. The van der Waals surface area contributed by atoms with E-state index < -0.39 is 0 Å². The molecular weight excluding hydrogens is 248 g/mol. The van der Waals surface area contributed by atoms with E-state index in [1.165, 1.54) is 6.42 Å². The monoisotopic (exact) mass is 270 g/mol. The quantitative estimate of drug-likeness (QED) is 0.845. The lowest BCUT2D eigenvalue weighted by Gasteiger charge is -2.14. The number of aromatic nitrogens is 2. The molecule has 106 valence electrons. The first-order valence-corrected chi connectivity index (χ1v) is 7.31. The van der Waals surface area contributed by atoms with Gasteiger partial charge in [0.05, 0.1) is 11.9 Å². The van der Waals surface area contributed by atoms with Crippen LogP contribution in [-0.2, 0) is 0 Å². The van der Waals surface area contributed by atoms with Gasteiger partial charge in [0.25, 0.3) is 0 Å². The zero-order valence-corrected chi connectivity index (χ0v) is 11.9. The predicted molar refractivity (Wildman–Crippen MR) is 80.6 cm³/mol. The van der Waals surface area contributed by atoms with E-state index in [-0.39, 0.29) is 6.04 Å². The molecular formula is C16H22N4. The van der Waals surface area contributed by atoms with Crippen LogP contribution in [0.4, 0.5) is 0 Å². The highest BCUT2D eigenvalue weighted by molar-refractivity contribution is 5.31. The molecule has 1 aromatic carbocycles. The zero-order chi connectivity index (χ0) is 13.9. The molecule has 4 nitrogen and oxygen atoms in total. The number of hydrogen-bond donors (Lipinski definition) is 2. The van der Waals surface area contributed by atoms with Crippen molar-refractivity contribution in [1.82, 2.24) is 15.1 Å². The molecule has 3 rings (SSSR count). The van der Waals surface area contributed by atoms with Crippen LogP contribution in [0.5, 0.6) is 0 Å². The van der Waals surface area contributed by atoms with Crippen LogP contribution in [0.15, 0.2) is 42.7 Å². The van der Waals surface area contributed by atoms with Crippen molar-refractivity contribution < 1.29 is 0 Å². The van der Waals surface area contributed by atoms with Crippen molar-refractivity contribution >= 4 is 0 Å². The summed E-state index contributed by atoms with van der Waals surface area (Å²) >= 11 is 0. The predicted octanol–water partition coefficient (Wildman–Crippen LogP) is 2.12. The Morgan fingerprint density at radius 1 is 1.40 bits per heavy atom. The van der Waals surface area contributed by atoms with Crippen LogP contribution in [0.25, 0.3) is 5.69 Å². The largest absolute Gasteiger partial charge is 0.329 e. The molecule has 0 spiro atoms. The maximum absolute atomic E-state index is 5.89. The van der Waals surface area contributed by atoms with E-state index in [2.05, 4.69) is 23.5 Å². The molecule has 1 aromatic heterocycles. The number of hydrogen-bond acceptors (Lipinski definition) is 3. The van der Waals surface area contributed by atoms with Gasteiger partial charge in [0.1, 0.15) is 0 Å². The third-order valence-electron chi connectivity index (χ3n) is 4.16. The van der Waals surface area contributed by atoms with Crippen LogP contribution in [0, 0.1) is 11.8 Å². The summed E-state index contributed by atoms with van der Waals surface area (Å²) in [6, 6.07) is 10.3. The van der Waals surface area contributed by atoms with Crippen molar-refractivity contribution in [1.29, 1.82) is 0 Å². The molecule has 20 heavy (non-hydrogen) atoms. The summed E-state index contributed by atoms with van der Waals surface area (Å²) < 4.78 is 1.90. The van der Waals surface area contributed by atoms with Crippen LogP contribution in [0.3, 0.4) is 0 Å². The molecule has 2 aromatic rings. The van der Waals surface area contributed by atoms with E-state index in [0.717, 1.165) is 29.6 Å². The summed E-state index contributed by atoms with van der Waals surface area (Å²) in [5.41, 5.74) is 8.13. The third-order valence-corrected chi connectivity index (χ3v) is 4.16. The van der Waals surface area contributed by atoms with Gasteiger partial charge in [-0.1, -0.05) is 25.1 Å². The van der Waals surface area contributed by atoms with Gasteiger partial charge in [-0.2, -0.15) is 5.10 Å². The minimum Gasteiger partial charge on any atom is -0.329 e. The van der Waals surface area contributed by atoms with Crippen LogP contribution in [-0.4, -0.2) is 22.9 Å². The smallest absolute Gasteiger partial charge is 0.0645 e. The molecule has 1 aliphatic rings. The van der Waals surface area contributed by atoms with E-state index in [1.54, 1.807) is 0 Å². The molecule has 1 fully saturated rings. The Hall–Kier alpha value is -1.65. The van der Waals surface area contributed by atoms with Gasteiger partial charge in [0.15, 0.2) is 0 Å². The molecule has 1 heterocycles. The van der Waals surface area contributed by atoms with Gasteiger partial charge in [-0.05, 0) is 36.9 Å². The van der Waals surface area contributed by atoms with Crippen molar-refractivity contribution in [2.45, 2.75) is 19.4 Å². The molecule has 0 aliphatic heterocycles. The molecule has 0 radical (unpaired) electrons. The standard InChI is InChI=1S/C16H22N4/c1-12-7-13(12)9-18-16(8-17)14-10-19-20(11-14)15-5-3-2-4-6-15/h2-6,10-13,16,18H,7-9,17H2,1H3. The van der Waals surface area contributed by atoms with Crippen LogP contribution < -0.4 is 11.1 Å². The van der Waals surface area contributed by atoms with Crippen LogP contribution in [0.1, 0.15) is 24.9 Å². The maximum Gasteiger partial charge on any atom is 0.0645 e. The molecule has 4 heteroatoms. The second-order valence-corrected chi connectivity index (χ2v) is 5.72. The van der Waals surface area contributed by atoms with Crippen molar-refractivity contribution in [2.24, 2.45) is 17.6 Å². The lowest BCUT2D eigenvalue weighted by Crippen LogP contribution is -2.29. The highest BCUT2D eigenvalue weighted by atomic mass is 15.3. The highest BCUT2D eigenvalue weighted by Gasteiger charge is 2.32. The van der Waals surface area contributed by atoms with Gasteiger partial charge >= 0.3 is 0 Å². The summed E-state index contributed by atoms with van der Waals surface area (Å²) in [4.78, 5) is 0. The topological polar surface area (TPSA) is 55.9 Å². The Balaban J connectivity index is 1.67. The average molecular weight is 270 g/mol. The zero-order valence-electron chi connectivity index (χ0n) is 11.9. The average Bonchev–Trinajstić information content (AvgIpc) is 3.00. The van der Waals surface area contributed by atoms with Gasteiger partial charge in [-0.15, -0.1) is 0 Å². The van der Waals surface area contributed by atoms with Gasteiger partial charge < -0.3 is 11.1 Å². The first-order chi connectivity index (χ1) is 9.78. The maximum atomic E-state index is 5.89. The van der Waals surface area contributed by atoms with Crippen molar-refractivity contribution in [3.63, 3.8) is 0 Å². The van der Waals surface area contributed by atoms with Gasteiger partial charge in [0, 0.05) is 24.3 Å². The Bertz CT molecular complexity index is 549. The number of rotatable bonds is 6. The highest BCUT2D eigenvalue weighted by Crippen LogP contribution is 2.37. The van der Waals surface area contributed by atoms with Crippen molar-refractivity contribution in [2.75, 3.05) is 13.1 Å². The minimum absolute atomic E-state index is 0.195.